The van der Waals surface area contributed by atoms with Crippen LogP contribution in [0.5, 0.6) is 0 Å². The van der Waals surface area contributed by atoms with E-state index in [1.165, 1.54) is 11.0 Å². The van der Waals surface area contributed by atoms with Crippen molar-refractivity contribution in [2.24, 2.45) is 5.92 Å². The van der Waals surface area contributed by atoms with Crippen LogP contribution >= 0.6 is 0 Å². The van der Waals surface area contributed by atoms with Crippen LogP contribution in [0.1, 0.15) is 30.1 Å². The topological polar surface area (TPSA) is 66.9 Å². The monoisotopic (exact) mass is 494 g/mol. The summed E-state index contributed by atoms with van der Waals surface area (Å²) in [4.78, 5) is 21.0. The number of amides is 1. The summed E-state index contributed by atoms with van der Waals surface area (Å²) in [5.74, 6) is -0.601. The van der Waals surface area contributed by atoms with Crippen molar-refractivity contribution in [3.05, 3.63) is 47.4 Å². The van der Waals surface area contributed by atoms with E-state index >= 15 is 4.39 Å². The number of alkyl halides is 3. The van der Waals surface area contributed by atoms with Gasteiger partial charge in [-0.2, -0.15) is 13.2 Å². The van der Waals surface area contributed by atoms with Crippen LogP contribution in [-0.4, -0.2) is 61.4 Å². The van der Waals surface area contributed by atoms with Crippen LogP contribution in [-0.2, 0) is 20.8 Å². The standard InChI is InChI=1S/C24H26F4N4O3/c25-18-11-19-20(10-17(18)21-13-34-8-9-35-21)32(12-16-2-1-5-29-22(16)30-19)23(33)15-3-6-31(7-4-15)14-24(26,27)28/h1-2,5,10-11,15,21H,3-4,6-9,12-14H2,(H,29,30)/t21-/m1/s1. The number of anilines is 3. The van der Waals surface area contributed by atoms with Gasteiger partial charge in [0.15, 0.2) is 0 Å². The molecule has 4 heterocycles. The minimum Gasteiger partial charge on any atom is -0.376 e. The van der Waals surface area contributed by atoms with Crippen LogP contribution in [0.4, 0.5) is 34.8 Å². The van der Waals surface area contributed by atoms with E-state index in [0.29, 0.717) is 48.8 Å². The first-order valence-electron chi connectivity index (χ1n) is 11.6. The molecule has 1 N–H and O–H groups in total. The van der Waals surface area contributed by atoms with Crippen LogP contribution in [0.3, 0.4) is 0 Å². The number of nitrogens with zero attached hydrogens (tertiary/aromatic N) is 3. The number of rotatable bonds is 3. The third kappa shape index (κ3) is 5.26. The Labute approximate surface area is 200 Å². The van der Waals surface area contributed by atoms with Crippen molar-refractivity contribution in [2.75, 3.05) is 49.7 Å². The van der Waals surface area contributed by atoms with Gasteiger partial charge in [-0.15, -0.1) is 0 Å². The molecule has 0 saturated carbocycles. The molecule has 1 aromatic heterocycles. The van der Waals surface area contributed by atoms with Gasteiger partial charge in [-0.25, -0.2) is 9.37 Å². The fraction of sp³-hybridized carbons (Fsp3) is 0.500. The summed E-state index contributed by atoms with van der Waals surface area (Å²) in [5, 5.41) is 3.14. The quantitative estimate of drug-likeness (QED) is 0.647. The largest absolute Gasteiger partial charge is 0.401 e. The van der Waals surface area contributed by atoms with Gasteiger partial charge in [0.2, 0.25) is 5.91 Å². The van der Waals surface area contributed by atoms with Crippen molar-refractivity contribution < 1.29 is 31.8 Å². The minimum absolute atomic E-state index is 0.189. The smallest absolute Gasteiger partial charge is 0.376 e. The zero-order valence-electron chi connectivity index (χ0n) is 19.0. The van der Waals surface area contributed by atoms with Crippen LogP contribution in [0.15, 0.2) is 30.5 Å². The van der Waals surface area contributed by atoms with E-state index in [4.69, 9.17) is 9.47 Å². The maximum absolute atomic E-state index is 15.1. The molecule has 2 saturated heterocycles. The zero-order valence-corrected chi connectivity index (χ0v) is 19.0. The fourth-order valence-corrected chi connectivity index (χ4v) is 4.89. The van der Waals surface area contributed by atoms with Gasteiger partial charge in [0, 0.05) is 23.2 Å². The highest BCUT2D eigenvalue weighted by atomic mass is 19.4. The van der Waals surface area contributed by atoms with Crippen LogP contribution in [0.2, 0.25) is 0 Å². The average molecular weight is 494 g/mol. The average Bonchev–Trinajstić information content (AvgIpc) is 2.99. The van der Waals surface area contributed by atoms with E-state index in [-0.39, 0.29) is 32.1 Å². The molecule has 3 aliphatic heterocycles. The SMILES string of the molecule is O=C(C1CCN(CC(F)(F)F)CC1)N1Cc2cccnc2Nc2cc(F)c([C@H]3COCCO3)cc21. The highest BCUT2D eigenvalue weighted by Crippen LogP contribution is 2.40. The number of carbonyl (C=O) groups is 1. The number of benzene rings is 1. The number of likely N-dealkylation sites (tertiary alicyclic amines) is 1. The first-order valence-corrected chi connectivity index (χ1v) is 11.6. The Bertz CT molecular complexity index is 1080. The summed E-state index contributed by atoms with van der Waals surface area (Å²) in [5.41, 5.74) is 1.92. The third-order valence-electron chi connectivity index (χ3n) is 6.65. The number of carbonyl (C=O) groups excluding carboxylic acids is 1. The zero-order chi connectivity index (χ0) is 24.6. The number of pyridine rings is 1. The van der Waals surface area contributed by atoms with E-state index in [2.05, 4.69) is 10.3 Å². The third-order valence-corrected chi connectivity index (χ3v) is 6.65. The molecule has 2 aromatic rings. The van der Waals surface area contributed by atoms with Crippen molar-refractivity contribution >= 4 is 23.1 Å². The number of nitrogens with one attached hydrogen (secondary N) is 1. The maximum Gasteiger partial charge on any atom is 0.401 e. The lowest BCUT2D eigenvalue weighted by Crippen LogP contribution is -2.45. The van der Waals surface area contributed by atoms with Crippen LogP contribution in [0.25, 0.3) is 0 Å². The molecule has 0 radical (unpaired) electrons. The highest BCUT2D eigenvalue weighted by Gasteiger charge is 2.37. The molecule has 0 bridgehead atoms. The number of fused-ring (bicyclic) bond motifs is 2. The van der Waals surface area contributed by atoms with Crippen molar-refractivity contribution in [3.63, 3.8) is 0 Å². The van der Waals surface area contributed by atoms with Crippen molar-refractivity contribution in [1.82, 2.24) is 9.88 Å². The fourth-order valence-electron chi connectivity index (χ4n) is 4.89. The molecular weight excluding hydrogens is 468 g/mol. The Morgan fingerprint density at radius 3 is 2.71 bits per heavy atom. The molecule has 0 aliphatic carbocycles. The van der Waals surface area contributed by atoms with Gasteiger partial charge in [0.1, 0.15) is 17.7 Å². The Morgan fingerprint density at radius 2 is 2.00 bits per heavy atom. The molecule has 5 rings (SSSR count). The second-order valence-electron chi connectivity index (χ2n) is 9.05. The van der Waals surface area contributed by atoms with Gasteiger partial charge in [-0.3, -0.25) is 9.69 Å². The Morgan fingerprint density at radius 1 is 1.20 bits per heavy atom. The minimum atomic E-state index is -4.27. The first-order chi connectivity index (χ1) is 16.8. The summed E-state index contributed by atoms with van der Waals surface area (Å²) < 4.78 is 64.6. The van der Waals surface area contributed by atoms with E-state index in [1.807, 2.05) is 6.07 Å². The molecule has 2 fully saturated rings. The summed E-state index contributed by atoms with van der Waals surface area (Å²) >= 11 is 0. The van der Waals surface area contributed by atoms with Gasteiger partial charge in [-0.1, -0.05) is 6.07 Å². The van der Waals surface area contributed by atoms with E-state index < -0.39 is 30.6 Å². The number of halogens is 4. The molecule has 35 heavy (non-hydrogen) atoms. The molecular formula is C24H26F4N4O3. The normalized spacial score (nSPS) is 21.6. The van der Waals surface area contributed by atoms with Gasteiger partial charge in [0.05, 0.1) is 44.3 Å². The number of aromatic nitrogens is 1. The molecule has 1 aromatic carbocycles. The number of hydrogen-bond acceptors (Lipinski definition) is 6. The Kier molecular flexibility index (Phi) is 6.65. The lowest BCUT2D eigenvalue weighted by Gasteiger charge is -2.35. The lowest BCUT2D eigenvalue weighted by atomic mass is 9.94. The van der Waals surface area contributed by atoms with Gasteiger partial charge < -0.3 is 19.7 Å². The van der Waals surface area contributed by atoms with E-state index in [0.717, 1.165) is 5.56 Å². The van der Waals surface area contributed by atoms with Gasteiger partial charge >= 0.3 is 6.18 Å². The molecule has 11 heteroatoms. The van der Waals surface area contributed by atoms with Gasteiger partial charge in [0.25, 0.3) is 0 Å². The number of ether oxygens (including phenoxy) is 2. The second kappa shape index (κ2) is 9.71. The maximum atomic E-state index is 15.1. The highest BCUT2D eigenvalue weighted by molar-refractivity contribution is 5.99. The molecule has 1 atom stereocenters. The number of piperidine rings is 1. The molecule has 188 valence electrons. The van der Waals surface area contributed by atoms with Gasteiger partial charge in [-0.05, 0) is 44.1 Å². The number of hydrogen-bond donors (Lipinski definition) is 1. The van der Waals surface area contributed by atoms with E-state index in [1.54, 1.807) is 23.2 Å². The molecule has 0 spiro atoms. The van der Waals surface area contributed by atoms with Crippen LogP contribution < -0.4 is 10.2 Å². The van der Waals surface area contributed by atoms with E-state index in [9.17, 15) is 18.0 Å². The van der Waals surface area contributed by atoms with Crippen molar-refractivity contribution in [2.45, 2.75) is 31.7 Å². The van der Waals surface area contributed by atoms with Crippen molar-refractivity contribution in [3.8, 4) is 0 Å². The predicted molar refractivity (Wildman–Crippen MR) is 120 cm³/mol. The molecule has 3 aliphatic rings. The summed E-state index contributed by atoms with van der Waals surface area (Å²) in [7, 11) is 0. The summed E-state index contributed by atoms with van der Waals surface area (Å²) in [6.07, 6.45) is -2.62. The van der Waals surface area contributed by atoms with Crippen LogP contribution in [0, 0.1) is 11.7 Å². The summed E-state index contributed by atoms with van der Waals surface area (Å²) in [6, 6.07) is 6.54. The molecule has 0 unspecified atom stereocenters. The summed E-state index contributed by atoms with van der Waals surface area (Å²) in [6.45, 7) is 0.588. The first kappa shape index (κ1) is 24.0. The Balaban J connectivity index is 1.45. The van der Waals surface area contributed by atoms with Crippen molar-refractivity contribution in [1.29, 1.82) is 0 Å². The second-order valence-corrected chi connectivity index (χ2v) is 9.05. The lowest BCUT2D eigenvalue weighted by molar-refractivity contribution is -0.149. The molecule has 7 nitrogen and oxygen atoms in total. The molecule has 1 amide bonds. The Hall–Kier alpha value is -2.76. The predicted octanol–water partition coefficient (Wildman–Crippen LogP) is 4.17.